The standard InChI is InChI=1S/C34H70O4S.C3H5NO.Na/c1-2-3-4-5-6-7-8-9-10-11-12-13-14-15-16-17-18-19-20-21-22-23-24-25-26-27-28-29-30-31-32-33-34-38-39(35,36)37;1-2-3(4)5;/h2-34H2,1H3,(H,35,36,37);2H,1H2,(H2,4,5);/q;;+1/p-1. The third-order valence-electron chi connectivity index (χ3n) is 8.43. The van der Waals surface area contributed by atoms with Gasteiger partial charge in [-0.15, -0.1) is 0 Å². The number of primary amides is 1. The molecule has 0 aliphatic rings. The van der Waals surface area contributed by atoms with Gasteiger partial charge >= 0.3 is 29.6 Å². The van der Waals surface area contributed by atoms with Gasteiger partial charge in [-0.05, 0) is 12.5 Å². The molecule has 0 fully saturated rings. The number of carbonyl (C=O) groups is 1. The maximum atomic E-state index is 10.3. The molecule has 2 N–H and O–H groups in total. The Morgan fingerprint density at radius 3 is 0.867 bits per heavy atom. The van der Waals surface area contributed by atoms with Crippen molar-refractivity contribution in [1.82, 2.24) is 0 Å². The van der Waals surface area contributed by atoms with Crippen LogP contribution in [0, 0.1) is 0 Å². The monoisotopic (exact) mass is 668 g/mol. The number of hydrogen-bond donors (Lipinski definition) is 1. The SMILES string of the molecule is C=CC(N)=O.CCCCCCCCCCCCCCCCCCCCCCCCCCCCCCCCCCOS(=O)(=O)[O-].[Na+]. The molecule has 8 heteroatoms. The largest absolute Gasteiger partial charge is 1.00 e. The quantitative estimate of drug-likeness (QED) is 0.0239. The van der Waals surface area contributed by atoms with Crippen LogP contribution in [-0.4, -0.2) is 25.5 Å². The Labute approximate surface area is 303 Å². The van der Waals surface area contributed by atoms with Gasteiger partial charge in [-0.2, -0.15) is 0 Å². The number of unbranched alkanes of at least 4 members (excludes halogenated alkanes) is 31. The topological polar surface area (TPSA) is 110 Å². The van der Waals surface area contributed by atoms with Crippen LogP contribution in [0.5, 0.6) is 0 Å². The van der Waals surface area contributed by atoms with Gasteiger partial charge in [0.2, 0.25) is 16.3 Å². The van der Waals surface area contributed by atoms with Crippen LogP contribution >= 0.6 is 0 Å². The first-order valence-corrected chi connectivity index (χ1v) is 20.2. The van der Waals surface area contributed by atoms with Crippen molar-refractivity contribution in [3.63, 3.8) is 0 Å². The predicted octanol–water partition coefficient (Wildman–Crippen LogP) is 8.63. The van der Waals surface area contributed by atoms with Gasteiger partial charge in [0.25, 0.3) is 0 Å². The molecule has 0 bridgehead atoms. The van der Waals surface area contributed by atoms with Crippen molar-refractivity contribution < 1.29 is 51.5 Å². The Kier molecular flexibility index (Phi) is 46.3. The third-order valence-corrected chi connectivity index (χ3v) is 8.88. The maximum Gasteiger partial charge on any atom is 1.00 e. The number of amides is 1. The van der Waals surface area contributed by atoms with E-state index in [0.29, 0.717) is 6.42 Å². The number of carbonyl (C=O) groups excluding carboxylic acids is 1. The van der Waals surface area contributed by atoms with Crippen LogP contribution < -0.4 is 35.3 Å². The molecule has 0 saturated heterocycles. The Balaban J connectivity index is -0.00000270. The summed E-state index contributed by atoms with van der Waals surface area (Å²) >= 11 is 0. The average Bonchev–Trinajstić information content (AvgIpc) is 2.99. The first-order chi connectivity index (χ1) is 21.3. The van der Waals surface area contributed by atoms with E-state index < -0.39 is 16.3 Å². The zero-order valence-corrected chi connectivity index (χ0v) is 33.0. The van der Waals surface area contributed by atoms with Crippen molar-refractivity contribution in [2.24, 2.45) is 5.73 Å². The van der Waals surface area contributed by atoms with Crippen LogP contribution in [0.3, 0.4) is 0 Å². The van der Waals surface area contributed by atoms with Crippen LogP contribution in [0.25, 0.3) is 0 Å². The van der Waals surface area contributed by atoms with E-state index in [0.717, 1.165) is 18.9 Å². The minimum absolute atomic E-state index is 0. The van der Waals surface area contributed by atoms with Crippen molar-refractivity contribution >= 4 is 16.3 Å². The molecular formula is C37H74NNaO5S. The summed E-state index contributed by atoms with van der Waals surface area (Å²) < 4.78 is 35.2. The van der Waals surface area contributed by atoms with Crippen LogP contribution in [0.15, 0.2) is 12.7 Å². The Hall–Kier alpha value is 0.0800. The first-order valence-electron chi connectivity index (χ1n) is 18.9. The summed E-state index contributed by atoms with van der Waals surface area (Å²) in [5.41, 5.74) is 4.53. The molecule has 0 spiro atoms. The normalized spacial score (nSPS) is 11.1. The summed E-state index contributed by atoms with van der Waals surface area (Å²) in [6.07, 6.45) is 45.0. The molecule has 264 valence electrons. The summed E-state index contributed by atoms with van der Waals surface area (Å²) in [6, 6.07) is 0. The third kappa shape index (κ3) is 53.8. The van der Waals surface area contributed by atoms with E-state index in [-0.39, 0.29) is 36.2 Å². The summed E-state index contributed by atoms with van der Waals surface area (Å²) in [7, 11) is -4.51. The van der Waals surface area contributed by atoms with E-state index in [4.69, 9.17) is 0 Å². The van der Waals surface area contributed by atoms with E-state index in [9.17, 15) is 17.8 Å². The van der Waals surface area contributed by atoms with Gasteiger partial charge in [-0.3, -0.25) is 8.98 Å². The number of nitrogens with two attached hydrogens (primary N) is 1. The first kappa shape index (κ1) is 49.5. The molecule has 0 radical (unpaired) electrons. The van der Waals surface area contributed by atoms with E-state index in [2.05, 4.69) is 23.4 Å². The van der Waals surface area contributed by atoms with E-state index in [1.165, 1.54) is 186 Å². The fraction of sp³-hybridized carbons (Fsp3) is 0.919. The van der Waals surface area contributed by atoms with Gasteiger partial charge in [-0.1, -0.05) is 213 Å². The molecule has 0 aromatic carbocycles. The Bertz CT molecular complexity index is 690. The molecule has 0 aromatic rings. The van der Waals surface area contributed by atoms with Crippen LogP contribution in [-0.2, 0) is 19.4 Å². The maximum absolute atomic E-state index is 10.3. The van der Waals surface area contributed by atoms with E-state index >= 15 is 0 Å². The van der Waals surface area contributed by atoms with E-state index in [1.54, 1.807) is 0 Å². The minimum Gasteiger partial charge on any atom is -0.726 e. The molecule has 0 aliphatic carbocycles. The van der Waals surface area contributed by atoms with Gasteiger partial charge < -0.3 is 10.3 Å². The van der Waals surface area contributed by atoms with Gasteiger partial charge in [0.15, 0.2) is 0 Å². The number of rotatable bonds is 35. The molecule has 1 amide bonds. The molecular weight excluding hydrogens is 593 g/mol. The van der Waals surface area contributed by atoms with Gasteiger partial charge in [-0.25, -0.2) is 8.42 Å². The van der Waals surface area contributed by atoms with Gasteiger partial charge in [0.05, 0.1) is 6.61 Å². The van der Waals surface area contributed by atoms with Gasteiger partial charge in [0, 0.05) is 0 Å². The van der Waals surface area contributed by atoms with Crippen LogP contribution in [0.1, 0.15) is 212 Å². The molecule has 0 aromatic heterocycles. The van der Waals surface area contributed by atoms with Crippen LogP contribution in [0.2, 0.25) is 0 Å². The fourth-order valence-corrected chi connectivity index (χ4v) is 5.96. The molecule has 0 aliphatic heterocycles. The fourth-order valence-electron chi connectivity index (χ4n) is 5.64. The average molecular weight is 668 g/mol. The minimum atomic E-state index is -4.51. The van der Waals surface area contributed by atoms with Crippen molar-refractivity contribution in [1.29, 1.82) is 0 Å². The summed E-state index contributed by atoms with van der Waals surface area (Å²) in [5.74, 6) is -0.481. The zero-order chi connectivity index (χ0) is 32.8. The van der Waals surface area contributed by atoms with Crippen molar-refractivity contribution in [3.05, 3.63) is 12.7 Å². The summed E-state index contributed by atoms with van der Waals surface area (Å²) in [5, 5.41) is 0. The molecule has 0 atom stereocenters. The summed E-state index contributed by atoms with van der Waals surface area (Å²) in [6.45, 7) is 5.42. The number of hydrogen-bond acceptors (Lipinski definition) is 5. The Morgan fingerprint density at radius 1 is 0.533 bits per heavy atom. The van der Waals surface area contributed by atoms with Crippen molar-refractivity contribution in [2.75, 3.05) is 6.61 Å². The predicted molar refractivity (Wildman–Crippen MR) is 188 cm³/mol. The smallest absolute Gasteiger partial charge is 0.726 e. The van der Waals surface area contributed by atoms with Gasteiger partial charge in [0.1, 0.15) is 0 Å². The molecule has 0 saturated carbocycles. The van der Waals surface area contributed by atoms with E-state index in [1.807, 2.05) is 0 Å². The molecule has 6 nitrogen and oxygen atoms in total. The molecule has 45 heavy (non-hydrogen) atoms. The second-order valence-electron chi connectivity index (χ2n) is 12.8. The molecule has 0 heterocycles. The molecule has 0 rings (SSSR count). The van der Waals surface area contributed by atoms with Crippen LogP contribution in [0.4, 0.5) is 0 Å². The zero-order valence-electron chi connectivity index (χ0n) is 30.1. The van der Waals surface area contributed by atoms with Crippen molar-refractivity contribution in [3.8, 4) is 0 Å². The molecule has 0 unspecified atom stereocenters. The summed E-state index contributed by atoms with van der Waals surface area (Å²) in [4.78, 5) is 9.47. The Morgan fingerprint density at radius 2 is 0.711 bits per heavy atom. The van der Waals surface area contributed by atoms with Crippen molar-refractivity contribution in [2.45, 2.75) is 212 Å². The second kappa shape index (κ2) is 42.1. The second-order valence-corrected chi connectivity index (χ2v) is 13.8.